The molecule has 0 unspecified atom stereocenters. The summed E-state index contributed by atoms with van der Waals surface area (Å²) in [7, 11) is 1.50. The smallest absolute Gasteiger partial charge is 0.272 e. The van der Waals surface area contributed by atoms with Crippen molar-refractivity contribution in [1.82, 2.24) is 0 Å². The second-order valence-corrected chi connectivity index (χ2v) is 8.59. The van der Waals surface area contributed by atoms with E-state index in [1.807, 2.05) is 47.8 Å². The third kappa shape index (κ3) is 3.83. The average Bonchev–Trinajstić information content (AvgIpc) is 3.33. The van der Waals surface area contributed by atoms with E-state index in [-0.39, 0.29) is 11.8 Å². The molecular formula is C22H16ClNO3S2. The summed E-state index contributed by atoms with van der Waals surface area (Å²) < 4.78 is 5.37. The minimum absolute atomic E-state index is 0.347. The number of carbonyl (C=O) groups is 2. The zero-order valence-corrected chi connectivity index (χ0v) is 17.8. The predicted molar refractivity (Wildman–Crippen MR) is 119 cm³/mol. The van der Waals surface area contributed by atoms with Crippen molar-refractivity contribution in [3.05, 3.63) is 86.4 Å². The fourth-order valence-electron chi connectivity index (χ4n) is 3.07. The summed E-state index contributed by atoms with van der Waals surface area (Å²) in [6.45, 7) is 0. The minimum Gasteiger partial charge on any atom is -0.495 e. The Morgan fingerprint density at radius 2 is 1.83 bits per heavy atom. The number of amides is 2. The molecular weight excluding hydrogens is 426 g/mol. The molecule has 0 radical (unpaired) electrons. The zero-order chi connectivity index (χ0) is 20.4. The lowest BCUT2D eigenvalue weighted by Gasteiger charge is -2.18. The predicted octanol–water partition coefficient (Wildman–Crippen LogP) is 5.63. The normalized spacial score (nSPS) is 14.1. The van der Waals surface area contributed by atoms with Crippen LogP contribution in [0.3, 0.4) is 0 Å². The summed E-state index contributed by atoms with van der Waals surface area (Å²) in [5.74, 6) is 0.273. The van der Waals surface area contributed by atoms with Gasteiger partial charge >= 0.3 is 0 Å². The van der Waals surface area contributed by atoms with Gasteiger partial charge in [-0.15, -0.1) is 23.1 Å². The summed E-state index contributed by atoms with van der Waals surface area (Å²) in [6, 6.07) is 18.5. The second kappa shape index (κ2) is 8.45. The van der Waals surface area contributed by atoms with Gasteiger partial charge in [0.15, 0.2) is 0 Å². The Hall–Kier alpha value is -2.54. The molecule has 4 nitrogen and oxygen atoms in total. The van der Waals surface area contributed by atoms with E-state index in [0.29, 0.717) is 32.7 Å². The molecule has 29 heavy (non-hydrogen) atoms. The Morgan fingerprint density at radius 3 is 2.52 bits per heavy atom. The van der Waals surface area contributed by atoms with Crippen LogP contribution in [0.2, 0.25) is 5.02 Å². The van der Waals surface area contributed by atoms with Gasteiger partial charge in [-0.2, -0.15) is 0 Å². The largest absolute Gasteiger partial charge is 0.495 e. The van der Waals surface area contributed by atoms with Crippen LogP contribution in [0.15, 0.2) is 70.9 Å². The standard InChI is InChI=1S/C22H16ClNO3S2/c1-27-17-10-9-15(23)12-16(17)24-21(25)19(18-8-5-11-28-18)20(22(24)26)29-13-14-6-3-2-4-7-14/h2-12H,13H2,1H3. The quantitative estimate of drug-likeness (QED) is 0.465. The third-order valence-electron chi connectivity index (χ3n) is 4.42. The molecule has 0 aliphatic carbocycles. The fourth-order valence-corrected chi connectivity index (χ4v) is 5.13. The lowest BCUT2D eigenvalue weighted by molar-refractivity contribution is -0.119. The van der Waals surface area contributed by atoms with Crippen LogP contribution in [0.4, 0.5) is 5.69 Å². The van der Waals surface area contributed by atoms with Crippen LogP contribution in [-0.2, 0) is 15.3 Å². The van der Waals surface area contributed by atoms with E-state index in [9.17, 15) is 9.59 Å². The van der Waals surface area contributed by atoms with Crippen molar-refractivity contribution in [2.75, 3.05) is 12.0 Å². The molecule has 146 valence electrons. The Morgan fingerprint density at radius 1 is 1.03 bits per heavy atom. The van der Waals surface area contributed by atoms with Gasteiger partial charge in [-0.25, -0.2) is 4.90 Å². The maximum Gasteiger partial charge on any atom is 0.272 e. The molecule has 1 aromatic heterocycles. The Kier molecular flexibility index (Phi) is 5.76. The van der Waals surface area contributed by atoms with Gasteiger partial charge in [0.25, 0.3) is 11.8 Å². The third-order valence-corrected chi connectivity index (χ3v) is 6.68. The van der Waals surface area contributed by atoms with Crippen LogP contribution < -0.4 is 9.64 Å². The van der Waals surface area contributed by atoms with Crippen LogP contribution in [-0.4, -0.2) is 18.9 Å². The van der Waals surface area contributed by atoms with Gasteiger partial charge in [-0.3, -0.25) is 9.59 Å². The molecule has 2 aromatic carbocycles. The van der Waals surface area contributed by atoms with Gasteiger partial charge in [-0.05, 0) is 35.2 Å². The van der Waals surface area contributed by atoms with Crippen molar-refractivity contribution < 1.29 is 14.3 Å². The van der Waals surface area contributed by atoms with Gasteiger partial charge in [-0.1, -0.05) is 48.0 Å². The highest BCUT2D eigenvalue weighted by Crippen LogP contribution is 2.43. The number of methoxy groups -OCH3 is 1. The number of anilines is 1. The molecule has 2 heterocycles. The maximum atomic E-state index is 13.4. The molecule has 1 aliphatic rings. The van der Waals surface area contributed by atoms with Crippen molar-refractivity contribution >= 4 is 57.8 Å². The van der Waals surface area contributed by atoms with Crippen LogP contribution in [0.1, 0.15) is 10.4 Å². The Balaban J connectivity index is 1.75. The van der Waals surface area contributed by atoms with Gasteiger partial charge in [0.2, 0.25) is 0 Å². The van der Waals surface area contributed by atoms with E-state index in [4.69, 9.17) is 16.3 Å². The van der Waals surface area contributed by atoms with Crippen molar-refractivity contribution in [3.63, 3.8) is 0 Å². The number of thioether (sulfide) groups is 1. The second-order valence-electron chi connectivity index (χ2n) is 6.22. The highest BCUT2D eigenvalue weighted by Gasteiger charge is 2.41. The number of imide groups is 1. The van der Waals surface area contributed by atoms with E-state index in [2.05, 4.69) is 0 Å². The van der Waals surface area contributed by atoms with Gasteiger partial charge < -0.3 is 4.74 Å². The summed E-state index contributed by atoms with van der Waals surface area (Å²) in [4.78, 5) is 29.1. The first-order valence-electron chi connectivity index (χ1n) is 8.77. The molecule has 2 amide bonds. The van der Waals surface area contributed by atoms with Crippen molar-refractivity contribution in [3.8, 4) is 5.75 Å². The molecule has 1 aliphatic heterocycles. The number of halogens is 1. The summed E-state index contributed by atoms with van der Waals surface area (Å²) in [6.07, 6.45) is 0. The number of hydrogen-bond donors (Lipinski definition) is 0. The van der Waals surface area contributed by atoms with Crippen molar-refractivity contribution in [2.24, 2.45) is 0 Å². The molecule has 0 N–H and O–H groups in total. The number of nitrogens with zero attached hydrogens (tertiary/aromatic N) is 1. The molecule has 0 bridgehead atoms. The topological polar surface area (TPSA) is 46.6 Å². The van der Waals surface area contributed by atoms with E-state index in [1.54, 1.807) is 18.2 Å². The van der Waals surface area contributed by atoms with Gasteiger partial charge in [0, 0.05) is 15.7 Å². The average molecular weight is 442 g/mol. The van der Waals surface area contributed by atoms with Gasteiger partial charge in [0.1, 0.15) is 5.75 Å². The number of rotatable bonds is 6. The Labute approximate surface area is 181 Å². The van der Waals surface area contributed by atoms with Crippen molar-refractivity contribution in [2.45, 2.75) is 5.75 Å². The number of hydrogen-bond acceptors (Lipinski definition) is 5. The molecule has 3 aromatic rings. The lowest BCUT2D eigenvalue weighted by atomic mass is 10.2. The maximum absolute atomic E-state index is 13.4. The van der Waals surface area contributed by atoms with Crippen LogP contribution in [0, 0.1) is 0 Å². The van der Waals surface area contributed by atoms with Crippen LogP contribution >= 0.6 is 34.7 Å². The molecule has 0 saturated heterocycles. The molecule has 0 fully saturated rings. The fraction of sp³-hybridized carbons (Fsp3) is 0.0909. The number of ether oxygens (including phenoxy) is 1. The van der Waals surface area contributed by atoms with E-state index in [0.717, 1.165) is 15.3 Å². The number of benzene rings is 2. The van der Waals surface area contributed by atoms with Crippen LogP contribution in [0.5, 0.6) is 5.75 Å². The summed E-state index contributed by atoms with van der Waals surface area (Å²) in [5.41, 5.74) is 1.85. The molecule has 0 spiro atoms. The zero-order valence-electron chi connectivity index (χ0n) is 15.4. The SMILES string of the molecule is COc1ccc(Cl)cc1N1C(=O)C(SCc2ccccc2)=C(c2cccs2)C1=O. The van der Waals surface area contributed by atoms with Gasteiger partial charge in [0.05, 0.1) is 23.3 Å². The molecule has 7 heteroatoms. The molecule has 4 rings (SSSR count). The molecule has 0 saturated carbocycles. The number of carbonyl (C=O) groups excluding carboxylic acids is 2. The Bertz CT molecular complexity index is 1090. The van der Waals surface area contributed by atoms with Crippen molar-refractivity contribution in [1.29, 1.82) is 0 Å². The first kappa shape index (κ1) is 19.8. The van der Waals surface area contributed by atoms with E-state index >= 15 is 0 Å². The highest BCUT2D eigenvalue weighted by molar-refractivity contribution is 8.03. The first-order chi connectivity index (χ1) is 14.1. The summed E-state index contributed by atoms with van der Waals surface area (Å²) in [5, 5.41) is 2.31. The van der Waals surface area contributed by atoms with E-state index < -0.39 is 0 Å². The van der Waals surface area contributed by atoms with E-state index in [1.165, 1.54) is 30.2 Å². The lowest BCUT2D eigenvalue weighted by Crippen LogP contribution is -2.31. The monoisotopic (exact) mass is 441 g/mol. The molecule has 0 atom stereocenters. The minimum atomic E-state index is -0.367. The summed E-state index contributed by atoms with van der Waals surface area (Å²) >= 11 is 8.94. The number of thiophene rings is 1. The highest BCUT2D eigenvalue weighted by atomic mass is 35.5. The van der Waals surface area contributed by atoms with Crippen LogP contribution in [0.25, 0.3) is 5.57 Å². The first-order valence-corrected chi connectivity index (χ1v) is 11.0.